The van der Waals surface area contributed by atoms with Crippen LogP contribution in [-0.2, 0) is 11.8 Å². The van der Waals surface area contributed by atoms with Gasteiger partial charge in [-0.1, -0.05) is 61.0 Å². The lowest BCUT2D eigenvalue weighted by Crippen LogP contribution is -2.37. The summed E-state index contributed by atoms with van der Waals surface area (Å²) in [4.78, 5) is 2.57. The molecule has 0 amide bonds. The smallest absolute Gasteiger partial charge is 0.0406 e. The first kappa shape index (κ1) is 20.2. The van der Waals surface area contributed by atoms with Gasteiger partial charge in [0.2, 0.25) is 0 Å². The second kappa shape index (κ2) is 8.20. The third kappa shape index (κ3) is 4.15. The zero-order chi connectivity index (χ0) is 19.6. The van der Waals surface area contributed by atoms with Crippen molar-refractivity contribution < 1.29 is 0 Å². The van der Waals surface area contributed by atoms with E-state index in [2.05, 4.69) is 82.0 Å². The molecule has 0 N–H and O–H groups in total. The molecule has 2 aromatic carbocycles. The first-order chi connectivity index (χ1) is 12.8. The molecule has 1 aliphatic carbocycles. The molecule has 1 nitrogen and oxygen atoms in total. The first-order valence-corrected chi connectivity index (χ1v) is 10.5. The van der Waals surface area contributed by atoms with Gasteiger partial charge in [-0.3, -0.25) is 4.90 Å². The predicted octanol–water partition coefficient (Wildman–Crippen LogP) is 6.75. The fourth-order valence-electron chi connectivity index (χ4n) is 4.59. The van der Waals surface area contributed by atoms with Crippen molar-refractivity contribution in [2.45, 2.75) is 65.0 Å². The Morgan fingerprint density at radius 1 is 1.00 bits per heavy atom. The lowest BCUT2D eigenvalue weighted by atomic mass is 9.76. The minimum Gasteiger partial charge on any atom is -0.298 e. The van der Waals surface area contributed by atoms with Crippen LogP contribution in [0.25, 0.3) is 5.57 Å². The van der Waals surface area contributed by atoms with Gasteiger partial charge in [0.05, 0.1) is 0 Å². The van der Waals surface area contributed by atoms with Crippen molar-refractivity contribution >= 4 is 17.2 Å². The Balaban J connectivity index is 1.94. The summed E-state index contributed by atoms with van der Waals surface area (Å²) in [7, 11) is 0. The summed E-state index contributed by atoms with van der Waals surface area (Å²) in [6.45, 7) is 12.6. The number of rotatable bonds is 6. The van der Waals surface area contributed by atoms with Crippen molar-refractivity contribution in [3.05, 3.63) is 76.3 Å². The van der Waals surface area contributed by atoms with Gasteiger partial charge in [0, 0.05) is 29.1 Å². The van der Waals surface area contributed by atoms with Crippen molar-refractivity contribution in [1.82, 2.24) is 4.90 Å². The van der Waals surface area contributed by atoms with Gasteiger partial charge in [-0.15, -0.1) is 0 Å². The van der Waals surface area contributed by atoms with Crippen molar-refractivity contribution in [1.29, 1.82) is 0 Å². The van der Waals surface area contributed by atoms with E-state index in [1.165, 1.54) is 22.3 Å². The average Bonchev–Trinajstić information content (AvgIpc) is 2.91. The number of hydrogen-bond donors (Lipinski definition) is 0. The second-order valence-electron chi connectivity index (χ2n) is 8.50. The number of benzene rings is 2. The fourth-order valence-corrected chi connectivity index (χ4v) is 4.72. The van der Waals surface area contributed by atoms with E-state index in [-0.39, 0.29) is 5.41 Å². The lowest BCUT2D eigenvalue weighted by Gasteiger charge is -2.31. The highest BCUT2D eigenvalue weighted by Crippen LogP contribution is 2.48. The minimum atomic E-state index is 0.00870. The largest absolute Gasteiger partial charge is 0.298 e. The summed E-state index contributed by atoms with van der Waals surface area (Å²) in [6.07, 6.45) is 4.61. The Kier molecular flexibility index (Phi) is 6.13. The third-order valence-electron chi connectivity index (χ3n) is 5.99. The molecule has 0 aliphatic heterocycles. The van der Waals surface area contributed by atoms with Crippen LogP contribution in [0.1, 0.15) is 57.7 Å². The zero-order valence-electron chi connectivity index (χ0n) is 17.3. The molecule has 2 heteroatoms. The van der Waals surface area contributed by atoms with Crippen LogP contribution in [0.15, 0.2) is 54.6 Å². The molecule has 0 saturated heterocycles. The topological polar surface area (TPSA) is 3.24 Å². The molecule has 0 saturated carbocycles. The number of fused-ring (bicyclic) bond motifs is 1. The summed E-state index contributed by atoms with van der Waals surface area (Å²) in [6, 6.07) is 18.4. The molecule has 0 radical (unpaired) electrons. The molecular weight excluding hydrogens is 350 g/mol. The van der Waals surface area contributed by atoms with E-state index in [4.69, 9.17) is 11.6 Å². The van der Waals surface area contributed by atoms with Gasteiger partial charge >= 0.3 is 0 Å². The summed E-state index contributed by atoms with van der Waals surface area (Å²) >= 11 is 6.15. The number of halogens is 1. The van der Waals surface area contributed by atoms with Gasteiger partial charge in [0.25, 0.3) is 0 Å². The van der Waals surface area contributed by atoms with Crippen LogP contribution in [0, 0.1) is 0 Å². The van der Waals surface area contributed by atoms with E-state index in [1.807, 2.05) is 12.1 Å². The molecule has 2 aromatic rings. The minimum absolute atomic E-state index is 0.00870. The lowest BCUT2D eigenvalue weighted by molar-refractivity contribution is 0.178. The SMILES string of the molecule is CC(C)N(CC/C=C1/c2ccccc2CC1(C)c1ccc(Cl)cc1)C(C)C. The molecule has 1 aliphatic rings. The molecule has 1 atom stereocenters. The van der Waals surface area contributed by atoms with Crippen LogP contribution >= 0.6 is 11.6 Å². The van der Waals surface area contributed by atoms with Crippen LogP contribution < -0.4 is 0 Å². The Morgan fingerprint density at radius 3 is 2.26 bits per heavy atom. The maximum atomic E-state index is 6.15. The van der Waals surface area contributed by atoms with E-state index < -0.39 is 0 Å². The highest BCUT2D eigenvalue weighted by molar-refractivity contribution is 6.30. The van der Waals surface area contributed by atoms with E-state index >= 15 is 0 Å². The number of allylic oxidation sites excluding steroid dienone is 1. The molecule has 0 spiro atoms. The molecular formula is C25H32ClN. The molecule has 144 valence electrons. The van der Waals surface area contributed by atoms with Crippen molar-refractivity contribution in [2.75, 3.05) is 6.54 Å². The van der Waals surface area contributed by atoms with Crippen LogP contribution in [-0.4, -0.2) is 23.5 Å². The molecule has 1 unspecified atom stereocenters. The molecule has 0 fully saturated rings. The van der Waals surface area contributed by atoms with E-state index in [9.17, 15) is 0 Å². The molecule has 27 heavy (non-hydrogen) atoms. The van der Waals surface area contributed by atoms with Crippen LogP contribution in [0.2, 0.25) is 5.02 Å². The maximum absolute atomic E-state index is 6.15. The summed E-state index contributed by atoms with van der Waals surface area (Å²) in [5.74, 6) is 0. The molecule has 0 heterocycles. The van der Waals surface area contributed by atoms with Crippen molar-refractivity contribution in [3.63, 3.8) is 0 Å². The second-order valence-corrected chi connectivity index (χ2v) is 8.94. The zero-order valence-corrected chi connectivity index (χ0v) is 18.1. The number of hydrogen-bond acceptors (Lipinski definition) is 1. The Bertz CT molecular complexity index is 795. The van der Waals surface area contributed by atoms with Crippen molar-refractivity contribution in [2.24, 2.45) is 0 Å². The monoisotopic (exact) mass is 381 g/mol. The quantitative estimate of drug-likeness (QED) is 0.535. The molecule has 0 aromatic heterocycles. The van der Waals surface area contributed by atoms with Crippen LogP contribution in [0.5, 0.6) is 0 Å². The molecule has 0 bridgehead atoms. The normalized spacial score (nSPS) is 20.9. The highest BCUT2D eigenvalue weighted by Gasteiger charge is 2.38. The van der Waals surface area contributed by atoms with E-state index in [0.29, 0.717) is 12.1 Å². The van der Waals surface area contributed by atoms with Crippen molar-refractivity contribution in [3.8, 4) is 0 Å². The highest BCUT2D eigenvalue weighted by atomic mass is 35.5. The summed E-state index contributed by atoms with van der Waals surface area (Å²) in [5.41, 5.74) is 5.68. The van der Waals surface area contributed by atoms with Gasteiger partial charge in [-0.05, 0) is 74.9 Å². The van der Waals surface area contributed by atoms with Gasteiger partial charge in [-0.2, -0.15) is 0 Å². The fraction of sp³-hybridized carbons (Fsp3) is 0.440. The first-order valence-electron chi connectivity index (χ1n) is 10.1. The average molecular weight is 382 g/mol. The van der Waals surface area contributed by atoms with Gasteiger partial charge < -0.3 is 0 Å². The van der Waals surface area contributed by atoms with Crippen LogP contribution in [0.4, 0.5) is 0 Å². The molecule has 3 rings (SSSR count). The third-order valence-corrected chi connectivity index (χ3v) is 6.24. The number of nitrogens with zero attached hydrogens (tertiary/aromatic N) is 1. The standard InChI is InChI=1S/C25H32ClN/c1-18(2)27(19(3)4)16-8-11-24-23-10-7-6-9-20(23)17-25(24,5)21-12-14-22(26)15-13-21/h6-7,9-15,18-19H,8,16-17H2,1-5H3/b24-11-. The Morgan fingerprint density at radius 2 is 1.63 bits per heavy atom. The summed E-state index contributed by atoms with van der Waals surface area (Å²) < 4.78 is 0. The van der Waals surface area contributed by atoms with E-state index in [1.54, 1.807) is 0 Å². The Hall–Kier alpha value is -1.57. The maximum Gasteiger partial charge on any atom is 0.0406 e. The Labute approximate surface area is 170 Å². The van der Waals surface area contributed by atoms with Gasteiger partial charge in [0.15, 0.2) is 0 Å². The van der Waals surface area contributed by atoms with Gasteiger partial charge in [0.1, 0.15) is 0 Å². The predicted molar refractivity (Wildman–Crippen MR) is 119 cm³/mol. The summed E-state index contributed by atoms with van der Waals surface area (Å²) in [5, 5.41) is 0.799. The van der Waals surface area contributed by atoms with Gasteiger partial charge in [-0.25, -0.2) is 0 Å². The van der Waals surface area contributed by atoms with Crippen LogP contribution in [0.3, 0.4) is 0 Å². The van der Waals surface area contributed by atoms with E-state index in [0.717, 1.165) is 24.4 Å².